The van der Waals surface area contributed by atoms with E-state index in [1.807, 2.05) is 29.7 Å². The zero-order valence-electron chi connectivity index (χ0n) is 23.2. The van der Waals surface area contributed by atoms with Crippen molar-refractivity contribution in [1.29, 1.82) is 5.26 Å². The van der Waals surface area contributed by atoms with Gasteiger partial charge in [0.1, 0.15) is 11.7 Å². The molecular weight excluding hydrogens is 514 g/mol. The Morgan fingerprint density at radius 1 is 1.02 bits per heavy atom. The number of anilines is 1. The Balaban J connectivity index is 1.08. The van der Waals surface area contributed by atoms with E-state index in [1.54, 1.807) is 13.3 Å². The van der Waals surface area contributed by atoms with Crippen molar-refractivity contribution in [1.82, 2.24) is 29.7 Å². The van der Waals surface area contributed by atoms with Crippen LogP contribution in [-0.4, -0.2) is 75.2 Å². The zero-order chi connectivity index (χ0) is 27.8. The van der Waals surface area contributed by atoms with Gasteiger partial charge >= 0.3 is 0 Å². The van der Waals surface area contributed by atoms with E-state index in [2.05, 4.69) is 61.0 Å². The molecule has 0 spiro atoms. The van der Waals surface area contributed by atoms with Crippen molar-refractivity contribution in [2.75, 3.05) is 38.2 Å². The number of aryl methyl sites for hydroxylation is 2. The molecule has 0 bridgehead atoms. The number of hydrogen-bond acceptors (Lipinski definition) is 9. The van der Waals surface area contributed by atoms with E-state index in [-0.39, 0.29) is 12.0 Å². The first-order valence-corrected chi connectivity index (χ1v) is 14.3. The number of methoxy groups -OCH3 is 1. The van der Waals surface area contributed by atoms with Gasteiger partial charge in [0.05, 0.1) is 24.9 Å². The van der Waals surface area contributed by atoms with Crippen LogP contribution in [0, 0.1) is 17.2 Å². The molecule has 0 N–H and O–H groups in total. The van der Waals surface area contributed by atoms with Gasteiger partial charge in [-0.2, -0.15) is 15.5 Å². The minimum atomic E-state index is -0.316. The number of fused-ring (bicyclic) bond motifs is 2. The molecule has 2 unspecified atom stereocenters. The summed E-state index contributed by atoms with van der Waals surface area (Å²) in [5.41, 5.74) is 6.49. The SMILES string of the molecule is COc1ccc(CN2CCCN(c3ccc(C4=CC(c5cc6n(n5)CCC6)=CN5N=CC(C#N)C45)cn3)CC2)cn1. The summed E-state index contributed by atoms with van der Waals surface area (Å²) >= 11 is 0. The minimum absolute atomic E-state index is 0.162. The second-order valence-corrected chi connectivity index (χ2v) is 11.0. The molecule has 4 aliphatic rings. The topological polar surface area (TPSA) is 98.7 Å². The number of nitrogens with zero attached hydrogens (tertiary/aromatic N) is 9. The molecule has 7 heterocycles. The number of aromatic nitrogens is 4. The average Bonchev–Trinajstić information content (AvgIpc) is 3.69. The molecule has 2 atom stereocenters. The number of hydrogen-bond donors (Lipinski definition) is 0. The third-order valence-corrected chi connectivity index (χ3v) is 8.40. The van der Waals surface area contributed by atoms with E-state index in [1.165, 1.54) is 11.3 Å². The highest BCUT2D eigenvalue weighted by atomic mass is 16.5. The average molecular weight is 548 g/mol. The molecule has 10 nitrogen and oxygen atoms in total. The summed E-state index contributed by atoms with van der Waals surface area (Å²) in [6.45, 7) is 5.72. The molecule has 3 aromatic heterocycles. The van der Waals surface area contributed by atoms with Crippen LogP contribution >= 0.6 is 0 Å². The fraction of sp³-hybridized carbons (Fsp3) is 0.387. The lowest BCUT2D eigenvalue weighted by molar-refractivity contribution is 0.285. The summed E-state index contributed by atoms with van der Waals surface area (Å²) in [4.78, 5) is 14.1. The first-order valence-electron chi connectivity index (χ1n) is 14.3. The Hall–Kier alpha value is -4.49. The standard InChI is InChI=1S/C31H33N9O/c1-41-30-8-5-22(17-34-30)20-37-9-3-10-38(13-12-37)29-7-6-23(18-33-29)27-14-24(21-40-31(27)25(16-32)19-35-40)28-15-26-4-2-11-39(26)36-28/h5-8,14-15,17-19,21,25,31H,2-4,9-13,20H2,1H3. The Kier molecular flexibility index (Phi) is 6.72. The van der Waals surface area contributed by atoms with E-state index in [9.17, 15) is 5.26 Å². The smallest absolute Gasteiger partial charge is 0.212 e. The van der Waals surface area contributed by atoms with Crippen LogP contribution in [0.15, 0.2) is 60.1 Å². The summed E-state index contributed by atoms with van der Waals surface area (Å²) < 4.78 is 7.29. The van der Waals surface area contributed by atoms with Crippen LogP contribution < -0.4 is 9.64 Å². The molecule has 1 fully saturated rings. The third kappa shape index (κ3) is 4.98. The number of hydrazone groups is 1. The van der Waals surface area contributed by atoms with Crippen molar-refractivity contribution >= 4 is 23.2 Å². The van der Waals surface area contributed by atoms with Crippen molar-refractivity contribution in [3.63, 3.8) is 0 Å². The Labute approximate surface area is 239 Å². The number of nitriles is 1. The second-order valence-electron chi connectivity index (χ2n) is 11.0. The highest BCUT2D eigenvalue weighted by molar-refractivity contribution is 5.90. The van der Waals surface area contributed by atoms with Crippen LogP contribution in [0.1, 0.15) is 35.4 Å². The molecule has 0 saturated carbocycles. The maximum Gasteiger partial charge on any atom is 0.212 e. The van der Waals surface area contributed by atoms with Crippen LogP contribution in [0.3, 0.4) is 0 Å². The van der Waals surface area contributed by atoms with Gasteiger partial charge in [-0.25, -0.2) is 9.97 Å². The molecule has 7 rings (SSSR count). The van der Waals surface area contributed by atoms with Crippen LogP contribution in [0.5, 0.6) is 5.88 Å². The molecular formula is C31H33N9O. The van der Waals surface area contributed by atoms with Gasteiger partial charge in [-0.3, -0.25) is 14.6 Å². The Morgan fingerprint density at radius 2 is 1.98 bits per heavy atom. The zero-order valence-corrected chi connectivity index (χ0v) is 23.2. The summed E-state index contributed by atoms with van der Waals surface area (Å²) in [7, 11) is 1.64. The second kappa shape index (κ2) is 10.8. The summed E-state index contributed by atoms with van der Waals surface area (Å²) in [5.74, 6) is 1.31. The third-order valence-electron chi connectivity index (χ3n) is 8.40. The van der Waals surface area contributed by atoms with Crippen LogP contribution in [0.2, 0.25) is 0 Å². The van der Waals surface area contributed by atoms with Crippen molar-refractivity contribution < 1.29 is 4.74 Å². The largest absolute Gasteiger partial charge is 0.481 e. The van der Waals surface area contributed by atoms with E-state index < -0.39 is 0 Å². The first kappa shape index (κ1) is 25.5. The van der Waals surface area contributed by atoms with Crippen molar-refractivity contribution in [3.8, 4) is 11.9 Å². The maximum atomic E-state index is 9.84. The Morgan fingerprint density at radius 3 is 2.76 bits per heavy atom. The molecule has 0 radical (unpaired) electrons. The summed E-state index contributed by atoms with van der Waals surface area (Å²) in [5, 5.41) is 21.2. The molecule has 0 amide bonds. The number of ether oxygens (including phenoxy) is 1. The lowest BCUT2D eigenvalue weighted by atomic mass is 9.87. The normalized spacial score (nSPS) is 22.0. The highest BCUT2D eigenvalue weighted by Crippen LogP contribution is 2.38. The van der Waals surface area contributed by atoms with Gasteiger partial charge in [-0.15, -0.1) is 0 Å². The van der Waals surface area contributed by atoms with E-state index in [4.69, 9.17) is 14.8 Å². The molecule has 1 saturated heterocycles. The van der Waals surface area contributed by atoms with E-state index in [0.29, 0.717) is 5.88 Å². The van der Waals surface area contributed by atoms with Gasteiger partial charge in [-0.05, 0) is 60.2 Å². The van der Waals surface area contributed by atoms with Gasteiger partial charge < -0.3 is 9.64 Å². The lowest BCUT2D eigenvalue weighted by Gasteiger charge is -2.30. The van der Waals surface area contributed by atoms with Gasteiger partial charge in [-0.1, -0.05) is 6.07 Å². The van der Waals surface area contributed by atoms with Gasteiger partial charge in [0.2, 0.25) is 5.88 Å². The van der Waals surface area contributed by atoms with Crippen LogP contribution in [0.4, 0.5) is 5.82 Å². The minimum Gasteiger partial charge on any atom is -0.481 e. The molecule has 41 heavy (non-hydrogen) atoms. The van der Waals surface area contributed by atoms with Crippen LogP contribution in [0.25, 0.3) is 11.1 Å². The first-order chi connectivity index (χ1) is 20.2. The van der Waals surface area contributed by atoms with E-state index in [0.717, 1.165) is 86.8 Å². The molecule has 0 aromatic carbocycles. The number of allylic oxidation sites excluding steroid dienone is 2. The van der Waals surface area contributed by atoms with Crippen molar-refractivity contribution in [2.45, 2.75) is 38.4 Å². The number of rotatable bonds is 6. The monoisotopic (exact) mass is 547 g/mol. The lowest BCUT2D eigenvalue weighted by Crippen LogP contribution is -2.32. The van der Waals surface area contributed by atoms with Crippen LogP contribution in [-0.2, 0) is 19.5 Å². The summed E-state index contributed by atoms with van der Waals surface area (Å²) in [6.07, 6.45) is 13.1. The maximum absolute atomic E-state index is 9.84. The van der Waals surface area contributed by atoms with Crippen molar-refractivity contribution in [2.24, 2.45) is 11.0 Å². The molecule has 3 aromatic rings. The van der Waals surface area contributed by atoms with Gasteiger partial charge in [0, 0.05) is 81.4 Å². The molecule has 208 valence electrons. The molecule has 10 heteroatoms. The van der Waals surface area contributed by atoms with Gasteiger partial charge in [0.15, 0.2) is 0 Å². The summed E-state index contributed by atoms with van der Waals surface area (Å²) in [6, 6.07) is 12.7. The van der Waals surface area contributed by atoms with Gasteiger partial charge in [0.25, 0.3) is 0 Å². The molecule has 0 aliphatic carbocycles. The predicted octanol–water partition coefficient (Wildman–Crippen LogP) is 3.59. The fourth-order valence-electron chi connectivity index (χ4n) is 6.23. The molecule has 4 aliphatic heterocycles. The highest BCUT2D eigenvalue weighted by Gasteiger charge is 2.37. The number of pyridine rings is 2. The predicted molar refractivity (Wildman–Crippen MR) is 157 cm³/mol. The quantitative estimate of drug-likeness (QED) is 0.462. The fourth-order valence-corrected chi connectivity index (χ4v) is 6.23. The van der Waals surface area contributed by atoms with E-state index >= 15 is 0 Å². The Bertz CT molecular complexity index is 1530. The van der Waals surface area contributed by atoms with Crippen molar-refractivity contribution in [3.05, 3.63) is 77.5 Å².